The molecule has 0 aromatic heterocycles. The van der Waals surface area contributed by atoms with E-state index in [0.717, 1.165) is 18.6 Å². The Balaban J connectivity index is 1.67. The minimum atomic E-state index is -1.30. The van der Waals surface area contributed by atoms with E-state index in [-0.39, 0.29) is 28.6 Å². The summed E-state index contributed by atoms with van der Waals surface area (Å²) in [4.78, 5) is 5.20. The summed E-state index contributed by atoms with van der Waals surface area (Å²) in [5, 5.41) is 58.2. The van der Waals surface area contributed by atoms with Gasteiger partial charge in [0.15, 0.2) is 0 Å². The predicted octanol–water partition coefficient (Wildman–Crippen LogP) is 3.09. The molecule has 7 nitrogen and oxygen atoms in total. The molecule has 2 unspecified atom stereocenters. The minimum absolute atomic E-state index is 0.00326. The molecule has 0 amide bonds. The van der Waals surface area contributed by atoms with Gasteiger partial charge in [-0.3, -0.25) is 0 Å². The van der Waals surface area contributed by atoms with Gasteiger partial charge in [-0.1, -0.05) is 25.1 Å². The molecule has 0 aliphatic heterocycles. The fourth-order valence-electron chi connectivity index (χ4n) is 7.92. The van der Waals surface area contributed by atoms with Gasteiger partial charge >= 0.3 is 0 Å². The number of hydrogen-bond acceptors (Lipinski definition) is 7. The Morgan fingerprint density at radius 1 is 1.14 bits per heavy atom. The molecule has 5 N–H and O–H groups in total. The number of aliphatic hydroxyl groups is 5. The summed E-state index contributed by atoms with van der Waals surface area (Å²) < 4.78 is 0. The van der Waals surface area contributed by atoms with Gasteiger partial charge < -0.3 is 30.4 Å². The van der Waals surface area contributed by atoms with Crippen LogP contribution in [-0.2, 0) is 4.84 Å². The predicted molar refractivity (Wildman–Crippen MR) is 135 cm³/mol. The van der Waals surface area contributed by atoms with Crippen LogP contribution < -0.4 is 0 Å². The van der Waals surface area contributed by atoms with E-state index in [0.29, 0.717) is 32.1 Å². The van der Waals surface area contributed by atoms with E-state index >= 15 is 0 Å². The number of rotatable bonds is 6. The maximum absolute atomic E-state index is 11.6. The van der Waals surface area contributed by atoms with Gasteiger partial charge in [0.25, 0.3) is 0 Å². The van der Waals surface area contributed by atoms with Crippen molar-refractivity contribution < 1.29 is 30.4 Å². The minimum Gasteiger partial charge on any atom is -0.399 e. The first-order chi connectivity index (χ1) is 16.1. The Kier molecular flexibility index (Phi) is 6.85. The maximum Gasteiger partial charge on any atom is 0.106 e. The summed E-state index contributed by atoms with van der Waals surface area (Å²) in [6, 6.07) is 0. The van der Waals surface area contributed by atoms with Crippen molar-refractivity contribution in [3.63, 3.8) is 0 Å². The van der Waals surface area contributed by atoms with E-state index in [1.165, 1.54) is 18.3 Å². The van der Waals surface area contributed by atoms with Crippen LogP contribution in [0.4, 0.5) is 0 Å². The Hall–Kier alpha value is -1.25. The summed E-state index contributed by atoms with van der Waals surface area (Å²) in [6.45, 7) is 9.59. The van der Waals surface area contributed by atoms with E-state index in [1.54, 1.807) is 20.8 Å². The number of allylic oxidation sites excluding steroid dienone is 4. The normalized spacial score (nSPS) is 42.8. The summed E-state index contributed by atoms with van der Waals surface area (Å²) in [6.07, 6.45) is 6.02. The highest BCUT2D eigenvalue weighted by Gasteiger charge is 2.60. The molecule has 0 aromatic carbocycles. The average molecular weight is 492 g/mol. The summed E-state index contributed by atoms with van der Waals surface area (Å²) in [7, 11) is 1.53. The molecular weight excluding hydrogens is 446 g/mol. The van der Waals surface area contributed by atoms with E-state index in [4.69, 9.17) is 4.84 Å². The van der Waals surface area contributed by atoms with E-state index in [9.17, 15) is 25.5 Å². The first-order valence-electron chi connectivity index (χ1n) is 13.2. The van der Waals surface area contributed by atoms with Crippen LogP contribution in [0.2, 0.25) is 0 Å². The van der Waals surface area contributed by atoms with Crippen LogP contribution in [-0.4, -0.2) is 67.9 Å². The summed E-state index contributed by atoms with van der Waals surface area (Å²) >= 11 is 0. The largest absolute Gasteiger partial charge is 0.399 e. The number of hydrogen-bond donors (Lipinski definition) is 5. The second-order valence-electron chi connectivity index (χ2n) is 12.9. The molecule has 0 saturated heterocycles. The third-order valence-electron chi connectivity index (χ3n) is 10.0. The lowest BCUT2D eigenvalue weighted by Crippen LogP contribution is -2.56. The third-order valence-corrected chi connectivity index (χ3v) is 10.0. The Labute approximate surface area is 209 Å². The van der Waals surface area contributed by atoms with Crippen LogP contribution >= 0.6 is 0 Å². The van der Waals surface area contributed by atoms with Crippen molar-refractivity contribution in [1.29, 1.82) is 0 Å². The van der Waals surface area contributed by atoms with Gasteiger partial charge in [-0.25, -0.2) is 0 Å². The molecule has 0 bridgehead atoms. The van der Waals surface area contributed by atoms with Crippen molar-refractivity contribution in [3.8, 4) is 0 Å². The molecule has 4 aliphatic rings. The highest BCUT2D eigenvalue weighted by molar-refractivity contribution is 5.99. The van der Waals surface area contributed by atoms with Crippen LogP contribution in [0, 0.1) is 28.6 Å². The van der Waals surface area contributed by atoms with Gasteiger partial charge in [0.1, 0.15) is 7.11 Å². The molecule has 35 heavy (non-hydrogen) atoms. The van der Waals surface area contributed by atoms with Crippen molar-refractivity contribution >= 4 is 5.71 Å². The molecule has 4 rings (SSSR count). The number of aliphatic hydroxyl groups excluding tert-OH is 3. The third kappa shape index (κ3) is 4.42. The molecule has 2 saturated carbocycles. The number of fused-ring (bicyclic) bond motifs is 5. The molecule has 0 radical (unpaired) electrons. The zero-order valence-electron chi connectivity index (χ0n) is 22.2. The molecule has 7 heteroatoms. The van der Waals surface area contributed by atoms with Crippen molar-refractivity contribution in [1.82, 2.24) is 0 Å². The fraction of sp³-hybridized carbons (Fsp3) is 0.821. The maximum atomic E-state index is 11.6. The van der Waals surface area contributed by atoms with Gasteiger partial charge in [-0.15, -0.1) is 0 Å². The Morgan fingerprint density at radius 2 is 1.83 bits per heavy atom. The molecule has 0 spiro atoms. The van der Waals surface area contributed by atoms with Crippen LogP contribution in [0.5, 0.6) is 0 Å². The molecule has 4 aliphatic carbocycles. The summed E-state index contributed by atoms with van der Waals surface area (Å²) in [5.41, 5.74) is 0.440. The van der Waals surface area contributed by atoms with Crippen molar-refractivity contribution in [2.45, 2.75) is 109 Å². The van der Waals surface area contributed by atoms with Gasteiger partial charge in [0.2, 0.25) is 0 Å². The highest BCUT2D eigenvalue weighted by atomic mass is 16.6. The van der Waals surface area contributed by atoms with Gasteiger partial charge in [-0.05, 0) is 99.7 Å². The molecule has 198 valence electrons. The quantitative estimate of drug-likeness (QED) is 0.364. The Morgan fingerprint density at radius 3 is 2.46 bits per heavy atom. The number of oxime groups is 1. The Bertz CT molecular complexity index is 917. The standard InChI is InChI=1S/C28H45NO6/c1-25(2,33)11-10-24(32)28(5,34)23-8-7-17-16-13-20(29-35-6)19-14-21(30)22(31)15-27(19,4)18(16)9-12-26(17,23)3/h7,13,18-19,21-24,30-34H,8-12,14-15H2,1-6H3/b29-20-/t18?,19-,21+,22-,23-,24+,26-,27+,28?/m0/s1. The molecule has 9 atom stereocenters. The smallest absolute Gasteiger partial charge is 0.106 e. The molecule has 0 heterocycles. The molecular formula is C28H45NO6. The monoisotopic (exact) mass is 491 g/mol. The van der Waals surface area contributed by atoms with E-state index < -0.39 is 29.5 Å². The summed E-state index contributed by atoms with van der Waals surface area (Å²) in [5.74, 6) is 0.0629. The highest BCUT2D eigenvalue weighted by Crippen LogP contribution is 2.65. The zero-order chi connectivity index (χ0) is 26.0. The first kappa shape index (κ1) is 26.8. The topological polar surface area (TPSA) is 123 Å². The second-order valence-corrected chi connectivity index (χ2v) is 12.9. The van der Waals surface area contributed by atoms with Crippen LogP contribution in [0.1, 0.15) is 79.6 Å². The lowest BCUT2D eigenvalue weighted by Gasteiger charge is -2.57. The zero-order valence-corrected chi connectivity index (χ0v) is 22.2. The average Bonchev–Trinajstić information content (AvgIpc) is 3.11. The molecule has 2 fully saturated rings. The van der Waals surface area contributed by atoms with Gasteiger partial charge in [-0.2, -0.15) is 0 Å². The second kappa shape index (κ2) is 8.95. The molecule has 0 aromatic rings. The first-order valence-corrected chi connectivity index (χ1v) is 13.2. The van der Waals surface area contributed by atoms with Crippen molar-refractivity contribution in [2.24, 2.45) is 33.7 Å². The van der Waals surface area contributed by atoms with Crippen LogP contribution in [0.3, 0.4) is 0 Å². The van der Waals surface area contributed by atoms with Crippen LogP contribution in [0.15, 0.2) is 28.5 Å². The van der Waals surface area contributed by atoms with E-state index in [2.05, 4.69) is 31.2 Å². The van der Waals surface area contributed by atoms with Gasteiger partial charge in [0, 0.05) is 11.8 Å². The van der Waals surface area contributed by atoms with Crippen LogP contribution in [0.25, 0.3) is 0 Å². The van der Waals surface area contributed by atoms with Crippen molar-refractivity contribution in [3.05, 3.63) is 23.3 Å². The van der Waals surface area contributed by atoms with Gasteiger partial charge in [0.05, 0.1) is 35.2 Å². The fourth-order valence-corrected chi connectivity index (χ4v) is 7.92. The lowest BCUT2D eigenvalue weighted by atomic mass is 9.47. The van der Waals surface area contributed by atoms with E-state index in [1.807, 2.05) is 0 Å². The van der Waals surface area contributed by atoms with Crippen molar-refractivity contribution in [2.75, 3.05) is 7.11 Å². The number of nitrogens with zero attached hydrogens (tertiary/aromatic N) is 1. The lowest BCUT2D eigenvalue weighted by molar-refractivity contribution is -0.134. The SMILES string of the molecule is CO/N=C1/C=C2C3=CC[C@H](C(C)(O)[C@H](O)CCC(C)(C)O)[C@@]3(C)CCC2[C@@]2(C)C[C@H](O)[C@H](O)C[C@@H]12.